The number of fused-ring (bicyclic) bond motifs is 1. The van der Waals surface area contributed by atoms with Gasteiger partial charge in [-0.05, 0) is 32.8 Å². The number of aromatic nitrogens is 4. The van der Waals surface area contributed by atoms with Crippen molar-refractivity contribution in [2.75, 3.05) is 10.6 Å². The Balaban J connectivity index is 1.96. The first kappa shape index (κ1) is 17.2. The van der Waals surface area contributed by atoms with Gasteiger partial charge in [-0.2, -0.15) is 9.97 Å². The summed E-state index contributed by atoms with van der Waals surface area (Å²) in [6.45, 7) is 11.1. The van der Waals surface area contributed by atoms with E-state index in [4.69, 9.17) is 0 Å². The largest absolute Gasteiger partial charge is 0.364 e. The van der Waals surface area contributed by atoms with Gasteiger partial charge in [0.2, 0.25) is 5.95 Å². The quantitative estimate of drug-likeness (QED) is 0.681. The minimum absolute atomic E-state index is 0.0647. The van der Waals surface area contributed by atoms with E-state index in [1.165, 1.54) is 5.56 Å². The van der Waals surface area contributed by atoms with Gasteiger partial charge in [-0.25, -0.2) is 4.98 Å². The van der Waals surface area contributed by atoms with Crippen molar-refractivity contribution >= 4 is 22.9 Å². The molecule has 3 aromatic rings. The molecule has 2 N–H and O–H groups in total. The van der Waals surface area contributed by atoms with Gasteiger partial charge in [-0.1, -0.05) is 37.3 Å². The zero-order valence-electron chi connectivity index (χ0n) is 15.0. The number of anilines is 2. The molecular weight excluding hydrogens is 312 g/mol. The van der Waals surface area contributed by atoms with Crippen LogP contribution in [-0.2, 0) is 6.54 Å². The Kier molecular flexibility index (Phi) is 5.16. The third-order valence-corrected chi connectivity index (χ3v) is 4.11. The van der Waals surface area contributed by atoms with E-state index in [9.17, 15) is 0 Å². The fraction of sp³-hybridized carbons (Fsp3) is 0.368. The molecule has 25 heavy (non-hydrogen) atoms. The fourth-order valence-electron chi connectivity index (χ4n) is 2.55. The van der Waals surface area contributed by atoms with Gasteiger partial charge in [0.1, 0.15) is 0 Å². The van der Waals surface area contributed by atoms with Crippen molar-refractivity contribution in [3.05, 3.63) is 49.1 Å². The van der Waals surface area contributed by atoms with Crippen molar-refractivity contribution in [3.63, 3.8) is 0 Å². The summed E-state index contributed by atoms with van der Waals surface area (Å²) in [5.41, 5.74) is 2.80. The zero-order chi connectivity index (χ0) is 17.8. The predicted octanol–water partition coefficient (Wildman–Crippen LogP) is 4.04. The molecular formula is C19H25N6. The lowest BCUT2D eigenvalue weighted by Crippen LogP contribution is -2.17. The van der Waals surface area contributed by atoms with Crippen molar-refractivity contribution in [2.45, 2.75) is 45.8 Å². The van der Waals surface area contributed by atoms with E-state index >= 15 is 0 Å². The summed E-state index contributed by atoms with van der Waals surface area (Å²) in [6, 6.07) is 10.6. The van der Waals surface area contributed by atoms with Crippen LogP contribution in [-0.4, -0.2) is 25.6 Å². The van der Waals surface area contributed by atoms with Crippen LogP contribution in [0.2, 0.25) is 0 Å². The minimum atomic E-state index is 0.0647. The van der Waals surface area contributed by atoms with Gasteiger partial charge in [-0.15, -0.1) is 0 Å². The van der Waals surface area contributed by atoms with Crippen LogP contribution < -0.4 is 10.6 Å². The number of nitrogens with one attached hydrogen (secondary N) is 2. The first-order chi connectivity index (χ1) is 12.1. The van der Waals surface area contributed by atoms with Crippen molar-refractivity contribution in [1.29, 1.82) is 0 Å². The molecule has 0 unspecified atom stereocenters. The molecule has 0 amide bonds. The predicted molar refractivity (Wildman–Crippen MR) is 103 cm³/mol. The molecule has 2 aromatic heterocycles. The minimum Gasteiger partial charge on any atom is -0.364 e. The fourth-order valence-corrected chi connectivity index (χ4v) is 2.55. The molecule has 0 aliphatic carbocycles. The van der Waals surface area contributed by atoms with Crippen molar-refractivity contribution < 1.29 is 0 Å². The Hall–Kier alpha value is -2.63. The molecule has 0 bridgehead atoms. The smallest absolute Gasteiger partial charge is 0.227 e. The van der Waals surface area contributed by atoms with Gasteiger partial charge in [0.05, 0.1) is 6.33 Å². The molecule has 1 radical (unpaired) electrons. The van der Waals surface area contributed by atoms with Crippen LogP contribution in [0.1, 0.15) is 38.8 Å². The molecule has 0 saturated carbocycles. The first-order valence-corrected chi connectivity index (χ1v) is 8.70. The Labute approximate surface area is 148 Å². The van der Waals surface area contributed by atoms with E-state index in [2.05, 4.69) is 70.0 Å². The van der Waals surface area contributed by atoms with Gasteiger partial charge in [0.15, 0.2) is 17.0 Å². The van der Waals surface area contributed by atoms with E-state index in [0.717, 1.165) is 23.4 Å². The van der Waals surface area contributed by atoms with Crippen molar-refractivity contribution in [1.82, 2.24) is 19.5 Å². The maximum Gasteiger partial charge on any atom is 0.227 e. The van der Waals surface area contributed by atoms with Crippen LogP contribution in [0, 0.1) is 6.92 Å². The van der Waals surface area contributed by atoms with Crippen LogP contribution >= 0.6 is 0 Å². The number of rotatable bonds is 7. The second kappa shape index (κ2) is 7.51. The lowest BCUT2D eigenvalue weighted by molar-refractivity contribution is 0.612. The first-order valence-electron chi connectivity index (χ1n) is 8.70. The van der Waals surface area contributed by atoms with Gasteiger partial charge >= 0.3 is 0 Å². The summed E-state index contributed by atoms with van der Waals surface area (Å²) in [4.78, 5) is 13.8. The summed E-state index contributed by atoms with van der Waals surface area (Å²) in [7, 11) is 0. The molecule has 6 heteroatoms. The van der Waals surface area contributed by atoms with Crippen LogP contribution in [0.3, 0.4) is 0 Å². The van der Waals surface area contributed by atoms with Gasteiger partial charge < -0.3 is 15.2 Å². The molecule has 0 saturated heterocycles. The van der Waals surface area contributed by atoms with Gasteiger partial charge in [0.25, 0.3) is 0 Å². The normalized spacial score (nSPS) is 12.5. The lowest BCUT2D eigenvalue weighted by Gasteiger charge is -2.14. The summed E-state index contributed by atoms with van der Waals surface area (Å²) < 4.78 is 2.06. The van der Waals surface area contributed by atoms with Gasteiger partial charge in [0, 0.05) is 18.6 Å². The summed E-state index contributed by atoms with van der Waals surface area (Å²) >= 11 is 0. The summed E-state index contributed by atoms with van der Waals surface area (Å²) in [6.07, 6.45) is 2.72. The van der Waals surface area contributed by atoms with Gasteiger partial charge in [-0.3, -0.25) is 0 Å². The molecule has 6 nitrogen and oxygen atoms in total. The van der Waals surface area contributed by atoms with E-state index < -0.39 is 0 Å². The topological polar surface area (TPSA) is 67.7 Å². The van der Waals surface area contributed by atoms with E-state index in [0.29, 0.717) is 12.5 Å². The molecule has 0 fully saturated rings. The van der Waals surface area contributed by atoms with E-state index in [1.807, 2.05) is 24.5 Å². The third kappa shape index (κ3) is 3.90. The van der Waals surface area contributed by atoms with E-state index in [1.54, 1.807) is 0 Å². The SMILES string of the molecule is [CH2][C@H](CC)Nc1nc(NCc2ccccc2)c2ncn(C(C)C)c2n1. The highest BCUT2D eigenvalue weighted by Gasteiger charge is 2.15. The maximum absolute atomic E-state index is 4.66. The Morgan fingerprint density at radius 1 is 1.16 bits per heavy atom. The Morgan fingerprint density at radius 3 is 2.60 bits per heavy atom. The molecule has 3 rings (SSSR count). The second-order valence-corrected chi connectivity index (χ2v) is 6.40. The molecule has 0 aliphatic heterocycles. The molecule has 131 valence electrons. The average Bonchev–Trinajstić information content (AvgIpc) is 3.04. The standard InChI is InChI=1S/C19H25N6/c1-5-14(4)22-19-23-17(20-11-15-9-7-6-8-10-15)16-18(24-19)25(12-21-16)13(2)3/h6-10,12-14H,4-5,11H2,1-3H3,(H2,20,22,23,24)/t14-/m1/s1. The monoisotopic (exact) mass is 337 g/mol. The average molecular weight is 337 g/mol. The van der Waals surface area contributed by atoms with Crippen LogP contribution in [0.25, 0.3) is 11.2 Å². The highest BCUT2D eigenvalue weighted by atomic mass is 15.2. The van der Waals surface area contributed by atoms with Crippen LogP contribution in [0.4, 0.5) is 11.8 Å². The summed E-state index contributed by atoms with van der Waals surface area (Å²) in [5.74, 6) is 1.31. The Bertz CT molecular complexity index is 825. The maximum atomic E-state index is 4.66. The van der Waals surface area contributed by atoms with Crippen molar-refractivity contribution in [3.8, 4) is 0 Å². The highest BCUT2D eigenvalue weighted by Crippen LogP contribution is 2.24. The van der Waals surface area contributed by atoms with Crippen LogP contribution in [0.15, 0.2) is 36.7 Å². The van der Waals surface area contributed by atoms with E-state index in [-0.39, 0.29) is 12.1 Å². The number of benzene rings is 1. The number of imidazole rings is 1. The lowest BCUT2D eigenvalue weighted by atomic mass is 10.2. The number of hydrogen-bond acceptors (Lipinski definition) is 5. The molecule has 0 aliphatic rings. The summed E-state index contributed by atoms with van der Waals surface area (Å²) in [5, 5.41) is 6.66. The molecule has 1 atom stereocenters. The van der Waals surface area contributed by atoms with Crippen molar-refractivity contribution in [2.24, 2.45) is 0 Å². The number of nitrogens with zero attached hydrogens (tertiary/aromatic N) is 4. The highest BCUT2D eigenvalue weighted by molar-refractivity contribution is 5.84. The molecule has 1 aromatic carbocycles. The second-order valence-electron chi connectivity index (χ2n) is 6.40. The zero-order valence-corrected chi connectivity index (χ0v) is 15.0. The molecule has 0 spiro atoms. The molecule has 2 heterocycles. The Morgan fingerprint density at radius 2 is 1.92 bits per heavy atom. The van der Waals surface area contributed by atoms with Crippen LogP contribution in [0.5, 0.6) is 0 Å². The number of hydrogen-bond donors (Lipinski definition) is 2. The third-order valence-electron chi connectivity index (χ3n) is 4.11.